The van der Waals surface area contributed by atoms with E-state index in [1.54, 1.807) is 11.6 Å². The van der Waals surface area contributed by atoms with Crippen LogP contribution < -0.4 is 0 Å². The van der Waals surface area contributed by atoms with Gasteiger partial charge in [0.15, 0.2) is 0 Å². The van der Waals surface area contributed by atoms with Crippen molar-refractivity contribution in [2.75, 3.05) is 0 Å². The normalized spacial score (nSPS) is 8.58. The van der Waals surface area contributed by atoms with Crippen LogP contribution in [-0.4, -0.2) is 13.4 Å². The second-order valence-electron chi connectivity index (χ2n) is 1.16. The quantitative estimate of drug-likeness (QED) is 0.731. The van der Waals surface area contributed by atoms with Gasteiger partial charge in [0.05, 0.1) is 0 Å². The van der Waals surface area contributed by atoms with E-state index in [9.17, 15) is 4.21 Å². The predicted molar refractivity (Wildman–Crippen MR) is 52.2 cm³/mol. The number of thiazole rings is 1. The number of hydrogen-bond donors (Lipinski definition) is 0. The zero-order valence-electron chi connectivity index (χ0n) is 5.35. The second-order valence-corrected chi connectivity index (χ2v) is 4.89. The van der Waals surface area contributed by atoms with Crippen LogP contribution in [0.4, 0.5) is 5.13 Å². The molecule has 0 N–H and O–H groups in total. The molecule has 0 aliphatic rings. The summed E-state index contributed by atoms with van der Waals surface area (Å²) in [4.78, 5) is 3.74. The van der Waals surface area contributed by atoms with Crippen molar-refractivity contribution in [3.8, 4) is 0 Å². The number of aromatic nitrogens is 1. The van der Waals surface area contributed by atoms with Crippen molar-refractivity contribution < 1.29 is 8.42 Å². The first-order valence-corrected chi connectivity index (χ1v) is 6.68. The Bertz CT molecular complexity index is 280. The van der Waals surface area contributed by atoms with E-state index in [1.807, 2.05) is 0 Å². The Kier molecular flexibility index (Phi) is 7.93. The summed E-state index contributed by atoms with van der Waals surface area (Å²) in [7, 11) is 7.36. The molecule has 0 amide bonds. The molecule has 1 heterocycles. The molecule has 1 aromatic rings. The molecule has 9 heteroatoms. The third-order valence-corrected chi connectivity index (χ3v) is 1.56. The fourth-order valence-corrected chi connectivity index (χ4v) is 1.03. The summed E-state index contributed by atoms with van der Waals surface area (Å²) in [5.74, 6) is 0. The molecule has 0 aromatic carbocycles. The van der Waals surface area contributed by atoms with Gasteiger partial charge in [-0.1, -0.05) is 0 Å². The molecule has 0 radical (unpaired) electrons. The van der Waals surface area contributed by atoms with Crippen LogP contribution in [0.15, 0.2) is 15.9 Å². The Morgan fingerprint density at radius 2 is 2.25 bits per heavy atom. The van der Waals surface area contributed by atoms with Gasteiger partial charge in [0, 0.05) is 32.9 Å². The van der Waals surface area contributed by atoms with Crippen LogP contribution in [0.5, 0.6) is 0 Å². The van der Waals surface area contributed by atoms with Crippen molar-refractivity contribution in [2.45, 2.75) is 0 Å². The first-order valence-electron chi connectivity index (χ1n) is 2.30. The van der Waals surface area contributed by atoms with Crippen LogP contribution in [0.2, 0.25) is 0 Å². The molecule has 1 aromatic heterocycles. The first kappa shape index (κ1) is 12.2. The maximum Gasteiger partial charge on any atom is 0.223 e. The third kappa shape index (κ3) is 8.28. The Morgan fingerprint density at radius 1 is 1.67 bits per heavy atom. The number of nitrogens with zero attached hydrogens (tertiary/aromatic N) is 2. The van der Waals surface area contributed by atoms with Crippen molar-refractivity contribution in [1.29, 1.82) is 0 Å². The van der Waals surface area contributed by atoms with Crippen molar-refractivity contribution in [2.24, 2.45) is 4.36 Å². The van der Waals surface area contributed by atoms with Crippen LogP contribution in [0.25, 0.3) is 0 Å². The highest BCUT2D eigenvalue weighted by Gasteiger charge is 1.85. The highest BCUT2D eigenvalue weighted by atomic mass is 36.0. The SMILES string of the molecule is O=S(Cl)Cl.O=S=Nc1nccs1. The second kappa shape index (κ2) is 7.81. The largest absolute Gasteiger partial charge is 0.226 e. The van der Waals surface area contributed by atoms with Gasteiger partial charge in [-0.25, -0.2) is 9.19 Å². The smallest absolute Gasteiger partial charge is 0.223 e. The van der Waals surface area contributed by atoms with E-state index >= 15 is 0 Å². The average molecular weight is 265 g/mol. The molecular weight excluding hydrogens is 263 g/mol. The van der Waals surface area contributed by atoms with E-state index < -0.39 is 9.23 Å². The number of rotatable bonds is 1. The van der Waals surface area contributed by atoms with Gasteiger partial charge in [0.1, 0.15) is 0 Å². The predicted octanol–water partition coefficient (Wildman–Crippen LogP) is 2.21. The summed E-state index contributed by atoms with van der Waals surface area (Å²) < 4.78 is 22.2. The monoisotopic (exact) mass is 264 g/mol. The minimum atomic E-state index is -1.67. The van der Waals surface area contributed by atoms with Crippen molar-refractivity contribution in [3.63, 3.8) is 0 Å². The number of halogens is 2. The molecule has 0 fully saturated rings. The summed E-state index contributed by atoms with van der Waals surface area (Å²) >= 11 is 1.53. The van der Waals surface area contributed by atoms with Gasteiger partial charge in [-0.3, -0.25) is 0 Å². The molecular formula is C3H2Cl2N2O2S3. The zero-order chi connectivity index (χ0) is 9.40. The van der Waals surface area contributed by atoms with Gasteiger partial charge in [0.25, 0.3) is 0 Å². The van der Waals surface area contributed by atoms with Gasteiger partial charge in [-0.15, -0.1) is 15.7 Å². The highest BCUT2D eigenvalue weighted by Crippen LogP contribution is 2.12. The van der Waals surface area contributed by atoms with Gasteiger partial charge >= 0.3 is 0 Å². The minimum Gasteiger partial charge on any atom is -0.226 e. The molecule has 0 aliphatic heterocycles. The fraction of sp³-hybridized carbons (Fsp3) is 0. The van der Waals surface area contributed by atoms with E-state index in [1.165, 1.54) is 11.3 Å². The van der Waals surface area contributed by atoms with E-state index in [-0.39, 0.29) is 11.5 Å². The summed E-state index contributed by atoms with van der Waals surface area (Å²) in [6, 6.07) is 0. The first-order chi connectivity index (χ1) is 5.66. The lowest BCUT2D eigenvalue weighted by Gasteiger charge is -1.67. The van der Waals surface area contributed by atoms with Crippen LogP contribution in [0, 0.1) is 0 Å². The van der Waals surface area contributed by atoms with E-state index in [0.29, 0.717) is 5.13 Å². The Hall–Kier alpha value is 0.180. The van der Waals surface area contributed by atoms with Gasteiger partial charge in [0.2, 0.25) is 25.8 Å². The van der Waals surface area contributed by atoms with Crippen LogP contribution in [0.3, 0.4) is 0 Å². The fourth-order valence-electron chi connectivity index (χ4n) is 0.293. The molecule has 0 bridgehead atoms. The standard InChI is InChI=1S/C3H2N2OS2.Cl2OS/c6-8-5-3-4-1-2-7-3;1-4(2)3/h1-2H;. The molecule has 4 nitrogen and oxygen atoms in total. The molecule has 0 unspecified atom stereocenters. The average Bonchev–Trinajstić information content (AvgIpc) is 2.39. The summed E-state index contributed by atoms with van der Waals surface area (Å²) in [6.07, 6.45) is 1.61. The van der Waals surface area contributed by atoms with Crippen LogP contribution in [0.1, 0.15) is 0 Å². The van der Waals surface area contributed by atoms with E-state index in [4.69, 9.17) is 4.21 Å². The topological polar surface area (TPSA) is 59.4 Å². The molecule has 68 valence electrons. The minimum absolute atomic E-state index is 0.182. The van der Waals surface area contributed by atoms with Crippen LogP contribution in [-0.2, 0) is 20.7 Å². The number of hydrogen-bond acceptors (Lipinski definition) is 5. The Balaban J connectivity index is 0.000000261. The maximum absolute atomic E-state index is 9.71. The van der Waals surface area contributed by atoms with E-state index in [0.717, 1.165) is 0 Å². The van der Waals surface area contributed by atoms with Gasteiger partial charge in [-0.2, -0.15) is 4.21 Å². The van der Waals surface area contributed by atoms with Gasteiger partial charge in [-0.05, 0) is 0 Å². The van der Waals surface area contributed by atoms with Crippen molar-refractivity contribution >= 4 is 58.5 Å². The third-order valence-electron chi connectivity index (χ3n) is 0.535. The molecule has 1 rings (SSSR count). The lowest BCUT2D eigenvalue weighted by molar-refractivity contribution is 0.697. The lowest BCUT2D eigenvalue weighted by Crippen LogP contribution is -1.51. The summed E-state index contributed by atoms with van der Waals surface area (Å²) in [6.45, 7) is 0. The van der Waals surface area contributed by atoms with Crippen molar-refractivity contribution in [1.82, 2.24) is 4.98 Å². The zero-order valence-corrected chi connectivity index (χ0v) is 9.31. The molecule has 12 heavy (non-hydrogen) atoms. The molecule has 0 aliphatic carbocycles. The van der Waals surface area contributed by atoms with E-state index in [2.05, 4.69) is 30.7 Å². The molecule has 0 spiro atoms. The lowest BCUT2D eigenvalue weighted by atomic mass is 11.0. The maximum atomic E-state index is 9.71. The van der Waals surface area contributed by atoms with Crippen molar-refractivity contribution in [3.05, 3.63) is 11.6 Å². The van der Waals surface area contributed by atoms with Gasteiger partial charge < -0.3 is 0 Å². The Morgan fingerprint density at radius 3 is 2.58 bits per heavy atom. The van der Waals surface area contributed by atoms with Crippen LogP contribution >= 0.6 is 32.7 Å². The molecule has 0 atom stereocenters. The summed E-state index contributed by atoms with van der Waals surface area (Å²) in [5, 5.41) is 2.31. The molecule has 0 saturated carbocycles. The summed E-state index contributed by atoms with van der Waals surface area (Å²) in [5.41, 5.74) is 0. The molecule has 0 saturated heterocycles. The Labute approximate surface area is 87.6 Å². The highest BCUT2D eigenvalue weighted by molar-refractivity contribution is 8.26.